The van der Waals surface area contributed by atoms with Crippen LogP contribution in [0.25, 0.3) is 0 Å². The lowest BCUT2D eigenvalue weighted by Crippen LogP contribution is -1.93. The SMILES string of the molecule is C.CCCCCCCC/C=C\CCCCCCCCCCCCCC(=O)O. The van der Waals surface area contributed by atoms with Crippen LogP contribution in [0.3, 0.4) is 0 Å². The Hall–Kier alpha value is -0.790. The number of carboxylic acid groups (broad SMARTS) is 1. The summed E-state index contributed by atoms with van der Waals surface area (Å²) in [6.45, 7) is 2.28. The first-order valence-electron chi connectivity index (χ1n) is 11.6. The number of hydrogen-bond donors (Lipinski definition) is 1. The van der Waals surface area contributed by atoms with Crippen LogP contribution in [-0.4, -0.2) is 11.1 Å². The van der Waals surface area contributed by atoms with E-state index in [0.717, 1.165) is 12.8 Å². The number of allylic oxidation sites excluding steroid dienone is 2. The van der Waals surface area contributed by atoms with Gasteiger partial charge in [0.1, 0.15) is 0 Å². The van der Waals surface area contributed by atoms with E-state index < -0.39 is 5.97 Å². The van der Waals surface area contributed by atoms with E-state index in [-0.39, 0.29) is 7.43 Å². The Labute approximate surface area is 171 Å². The second kappa shape index (κ2) is 25.2. The van der Waals surface area contributed by atoms with E-state index in [2.05, 4.69) is 19.1 Å². The third-order valence-electron chi connectivity index (χ3n) is 5.15. The first-order chi connectivity index (χ1) is 12.8. The van der Waals surface area contributed by atoms with Gasteiger partial charge in [-0.1, -0.05) is 116 Å². The number of carbonyl (C=O) groups is 1. The highest BCUT2D eigenvalue weighted by Gasteiger charge is 1.97. The molecule has 0 rings (SSSR count). The first-order valence-corrected chi connectivity index (χ1v) is 11.6. The molecule has 27 heavy (non-hydrogen) atoms. The van der Waals surface area contributed by atoms with Crippen molar-refractivity contribution in [2.45, 2.75) is 143 Å². The summed E-state index contributed by atoms with van der Waals surface area (Å²) in [4.78, 5) is 10.4. The molecule has 0 fully saturated rings. The molecule has 0 aromatic rings. The molecule has 162 valence electrons. The van der Waals surface area contributed by atoms with Crippen molar-refractivity contribution >= 4 is 5.97 Å². The van der Waals surface area contributed by atoms with Gasteiger partial charge in [-0.3, -0.25) is 4.79 Å². The zero-order chi connectivity index (χ0) is 19.1. The van der Waals surface area contributed by atoms with E-state index in [1.165, 1.54) is 109 Å². The summed E-state index contributed by atoms with van der Waals surface area (Å²) >= 11 is 0. The van der Waals surface area contributed by atoms with E-state index >= 15 is 0 Å². The third-order valence-corrected chi connectivity index (χ3v) is 5.15. The molecular formula is C25H50O2. The molecule has 0 saturated heterocycles. The predicted molar refractivity (Wildman–Crippen MR) is 122 cm³/mol. The first kappa shape index (κ1) is 28.4. The Balaban J connectivity index is 0. The second-order valence-corrected chi connectivity index (χ2v) is 7.85. The van der Waals surface area contributed by atoms with Gasteiger partial charge in [-0.2, -0.15) is 0 Å². The summed E-state index contributed by atoms with van der Waals surface area (Å²) < 4.78 is 0. The van der Waals surface area contributed by atoms with Crippen molar-refractivity contribution in [1.29, 1.82) is 0 Å². The molecule has 0 atom stereocenters. The van der Waals surface area contributed by atoms with E-state index in [1.54, 1.807) is 0 Å². The lowest BCUT2D eigenvalue weighted by atomic mass is 10.0. The molecule has 2 nitrogen and oxygen atoms in total. The fraction of sp³-hybridized carbons (Fsp3) is 0.880. The van der Waals surface area contributed by atoms with Gasteiger partial charge in [0.2, 0.25) is 0 Å². The van der Waals surface area contributed by atoms with Crippen LogP contribution in [0, 0.1) is 0 Å². The van der Waals surface area contributed by atoms with Gasteiger partial charge >= 0.3 is 5.97 Å². The van der Waals surface area contributed by atoms with E-state index in [9.17, 15) is 4.79 Å². The smallest absolute Gasteiger partial charge is 0.303 e. The average molecular weight is 383 g/mol. The zero-order valence-electron chi connectivity index (χ0n) is 17.7. The molecule has 0 heterocycles. The molecule has 0 aliphatic heterocycles. The van der Waals surface area contributed by atoms with Gasteiger partial charge in [-0.15, -0.1) is 0 Å². The molecular weight excluding hydrogens is 332 g/mol. The lowest BCUT2D eigenvalue weighted by molar-refractivity contribution is -0.137. The Kier molecular flexibility index (Phi) is 26.5. The molecule has 0 radical (unpaired) electrons. The highest BCUT2D eigenvalue weighted by Crippen LogP contribution is 2.13. The summed E-state index contributed by atoms with van der Waals surface area (Å²) in [5.74, 6) is -0.654. The summed E-state index contributed by atoms with van der Waals surface area (Å²) in [6.07, 6.45) is 30.1. The lowest BCUT2D eigenvalue weighted by Gasteiger charge is -2.02. The summed E-state index contributed by atoms with van der Waals surface area (Å²) in [5.41, 5.74) is 0. The summed E-state index contributed by atoms with van der Waals surface area (Å²) in [7, 11) is 0. The maximum atomic E-state index is 10.4. The molecule has 0 amide bonds. The molecule has 0 saturated carbocycles. The van der Waals surface area contributed by atoms with Gasteiger partial charge in [0.05, 0.1) is 0 Å². The topological polar surface area (TPSA) is 37.3 Å². The normalized spacial score (nSPS) is 11.0. The highest BCUT2D eigenvalue weighted by molar-refractivity contribution is 5.66. The van der Waals surface area contributed by atoms with Crippen molar-refractivity contribution in [3.8, 4) is 0 Å². The van der Waals surface area contributed by atoms with Crippen molar-refractivity contribution in [2.75, 3.05) is 0 Å². The average Bonchev–Trinajstić information content (AvgIpc) is 2.62. The van der Waals surface area contributed by atoms with Crippen molar-refractivity contribution in [3.63, 3.8) is 0 Å². The van der Waals surface area contributed by atoms with E-state index in [1.807, 2.05) is 0 Å². The Morgan fingerprint density at radius 1 is 0.593 bits per heavy atom. The van der Waals surface area contributed by atoms with Gasteiger partial charge in [-0.05, 0) is 32.1 Å². The molecule has 1 N–H and O–H groups in total. The molecule has 0 aliphatic rings. The van der Waals surface area contributed by atoms with Gasteiger partial charge < -0.3 is 5.11 Å². The van der Waals surface area contributed by atoms with Crippen LogP contribution in [0.2, 0.25) is 0 Å². The number of carboxylic acids is 1. The van der Waals surface area contributed by atoms with Crippen molar-refractivity contribution < 1.29 is 9.90 Å². The van der Waals surface area contributed by atoms with E-state index in [4.69, 9.17) is 5.11 Å². The molecule has 0 aromatic carbocycles. The minimum atomic E-state index is -0.654. The molecule has 0 aliphatic carbocycles. The van der Waals surface area contributed by atoms with Gasteiger partial charge in [0.15, 0.2) is 0 Å². The van der Waals surface area contributed by atoms with Gasteiger partial charge in [0, 0.05) is 6.42 Å². The van der Waals surface area contributed by atoms with E-state index in [0.29, 0.717) is 6.42 Å². The highest BCUT2D eigenvalue weighted by atomic mass is 16.4. The van der Waals surface area contributed by atoms with Crippen LogP contribution < -0.4 is 0 Å². The van der Waals surface area contributed by atoms with Crippen LogP contribution in [0.4, 0.5) is 0 Å². The number of hydrogen-bond acceptors (Lipinski definition) is 1. The quantitative estimate of drug-likeness (QED) is 0.159. The molecule has 2 heteroatoms. The minimum absolute atomic E-state index is 0. The molecule has 0 bridgehead atoms. The van der Waals surface area contributed by atoms with Crippen molar-refractivity contribution in [2.24, 2.45) is 0 Å². The zero-order valence-corrected chi connectivity index (χ0v) is 17.7. The fourth-order valence-electron chi connectivity index (χ4n) is 3.41. The molecule has 0 spiro atoms. The Bertz CT molecular complexity index is 309. The number of unbranched alkanes of at least 4 members (excludes halogenated alkanes) is 17. The van der Waals surface area contributed by atoms with Crippen LogP contribution in [0.15, 0.2) is 12.2 Å². The van der Waals surface area contributed by atoms with Crippen molar-refractivity contribution in [3.05, 3.63) is 12.2 Å². The molecule has 0 aromatic heterocycles. The Morgan fingerprint density at radius 2 is 0.926 bits per heavy atom. The predicted octanol–water partition coefficient (Wildman–Crippen LogP) is 9.09. The number of aliphatic carboxylic acids is 1. The minimum Gasteiger partial charge on any atom is -0.481 e. The maximum absolute atomic E-state index is 10.4. The third kappa shape index (κ3) is 27.5. The summed E-state index contributed by atoms with van der Waals surface area (Å²) in [6, 6.07) is 0. The van der Waals surface area contributed by atoms with Gasteiger partial charge in [-0.25, -0.2) is 0 Å². The van der Waals surface area contributed by atoms with Crippen molar-refractivity contribution in [1.82, 2.24) is 0 Å². The summed E-state index contributed by atoms with van der Waals surface area (Å²) in [5, 5.41) is 8.57. The Morgan fingerprint density at radius 3 is 1.30 bits per heavy atom. The largest absolute Gasteiger partial charge is 0.481 e. The fourth-order valence-corrected chi connectivity index (χ4v) is 3.41. The van der Waals surface area contributed by atoms with Crippen LogP contribution in [0.5, 0.6) is 0 Å². The number of rotatable bonds is 21. The van der Waals surface area contributed by atoms with Crippen LogP contribution in [-0.2, 0) is 4.79 Å². The van der Waals surface area contributed by atoms with Crippen LogP contribution >= 0.6 is 0 Å². The van der Waals surface area contributed by atoms with Crippen LogP contribution in [0.1, 0.15) is 143 Å². The monoisotopic (exact) mass is 382 g/mol. The van der Waals surface area contributed by atoms with Gasteiger partial charge in [0.25, 0.3) is 0 Å². The molecule has 0 unspecified atom stereocenters. The standard InChI is InChI=1S/C24H46O2.CH4/c1-2-3-4-5-6-7-8-9-10-11-12-13-14-15-16-17-18-19-20-21-22-23-24(25)26;/h9-10H,2-8,11-23H2,1H3,(H,25,26);1H4/b10-9-;. The second-order valence-electron chi connectivity index (χ2n) is 7.85. The maximum Gasteiger partial charge on any atom is 0.303 e.